The summed E-state index contributed by atoms with van der Waals surface area (Å²) in [7, 11) is -3.40. The van der Waals surface area contributed by atoms with E-state index in [-0.39, 0.29) is 18.4 Å². The van der Waals surface area contributed by atoms with Gasteiger partial charge in [0.15, 0.2) is 0 Å². The fourth-order valence-corrected chi connectivity index (χ4v) is 3.33. The zero-order valence-corrected chi connectivity index (χ0v) is 12.0. The van der Waals surface area contributed by atoms with E-state index in [1.165, 1.54) is 0 Å². The average Bonchev–Trinajstić information content (AvgIpc) is 2.40. The molecule has 1 aromatic rings. The summed E-state index contributed by atoms with van der Waals surface area (Å²) in [6.07, 6.45) is -0.116. The summed E-state index contributed by atoms with van der Waals surface area (Å²) in [6, 6.07) is 6.93. The van der Waals surface area contributed by atoms with Crippen molar-refractivity contribution in [1.82, 2.24) is 10.0 Å². The van der Waals surface area contributed by atoms with Gasteiger partial charge in [-0.25, -0.2) is 13.1 Å². The first-order chi connectivity index (χ1) is 9.07. The van der Waals surface area contributed by atoms with Crippen LogP contribution >= 0.6 is 11.6 Å². The smallest absolute Gasteiger partial charge is 0.215 e. The van der Waals surface area contributed by atoms with Crippen LogP contribution in [0.2, 0.25) is 5.02 Å². The molecule has 0 radical (unpaired) electrons. The largest absolute Gasteiger partial charge is 0.374 e. The average molecular weight is 305 g/mol. The molecule has 0 amide bonds. The van der Waals surface area contributed by atoms with Gasteiger partial charge in [-0.2, -0.15) is 0 Å². The second-order valence-corrected chi connectivity index (χ2v) is 6.61. The number of ether oxygens (including phenoxy) is 1. The summed E-state index contributed by atoms with van der Waals surface area (Å²) < 4.78 is 31.9. The Morgan fingerprint density at radius 1 is 1.42 bits per heavy atom. The Morgan fingerprint density at radius 2 is 2.21 bits per heavy atom. The van der Waals surface area contributed by atoms with Gasteiger partial charge in [0.2, 0.25) is 10.0 Å². The quantitative estimate of drug-likeness (QED) is 0.842. The summed E-state index contributed by atoms with van der Waals surface area (Å²) in [5, 5.41) is 3.61. The molecule has 1 aliphatic heterocycles. The molecule has 0 aliphatic carbocycles. The Labute approximate surface area is 118 Å². The maximum absolute atomic E-state index is 11.9. The Balaban J connectivity index is 1.90. The van der Waals surface area contributed by atoms with E-state index in [1.807, 2.05) is 0 Å². The molecule has 5 nitrogen and oxygen atoms in total. The molecule has 0 spiro atoms. The summed E-state index contributed by atoms with van der Waals surface area (Å²) >= 11 is 5.95. The number of sulfonamides is 1. The van der Waals surface area contributed by atoms with Gasteiger partial charge < -0.3 is 10.1 Å². The highest BCUT2D eigenvalue weighted by molar-refractivity contribution is 7.88. The second-order valence-electron chi connectivity index (χ2n) is 4.40. The van der Waals surface area contributed by atoms with E-state index in [0.29, 0.717) is 23.7 Å². The third-order valence-corrected chi connectivity index (χ3v) is 4.50. The van der Waals surface area contributed by atoms with Gasteiger partial charge in [0, 0.05) is 24.7 Å². The minimum atomic E-state index is -3.40. The number of hydrogen-bond donors (Lipinski definition) is 2. The summed E-state index contributed by atoms with van der Waals surface area (Å²) in [5.41, 5.74) is 0.597. The SMILES string of the molecule is O=S(=O)(Cc1ccccc1Cl)NC[C@@H]1CNCCO1. The lowest BCUT2D eigenvalue weighted by Gasteiger charge is -2.23. The first-order valence-corrected chi connectivity index (χ1v) is 8.13. The van der Waals surface area contributed by atoms with Crippen molar-refractivity contribution in [3.8, 4) is 0 Å². The van der Waals surface area contributed by atoms with Crippen LogP contribution in [0.25, 0.3) is 0 Å². The predicted octanol–water partition coefficient (Wildman–Crippen LogP) is 0.748. The number of nitrogens with one attached hydrogen (secondary N) is 2. The highest BCUT2D eigenvalue weighted by Crippen LogP contribution is 2.17. The van der Waals surface area contributed by atoms with Crippen molar-refractivity contribution >= 4 is 21.6 Å². The standard InChI is InChI=1S/C12H17ClN2O3S/c13-12-4-2-1-3-10(12)9-19(16,17)15-8-11-7-14-5-6-18-11/h1-4,11,14-15H,5-9H2/t11-/m0/s1. The van der Waals surface area contributed by atoms with Crippen molar-refractivity contribution in [3.05, 3.63) is 34.9 Å². The number of benzene rings is 1. The molecule has 106 valence electrons. The lowest BCUT2D eigenvalue weighted by Crippen LogP contribution is -2.45. The Hall–Kier alpha value is -0.660. The zero-order chi connectivity index (χ0) is 13.7. The van der Waals surface area contributed by atoms with Crippen molar-refractivity contribution in [2.24, 2.45) is 0 Å². The van der Waals surface area contributed by atoms with Crippen LogP contribution in [0.4, 0.5) is 0 Å². The second kappa shape index (κ2) is 6.67. The number of morpholine rings is 1. The maximum Gasteiger partial charge on any atom is 0.215 e. The van der Waals surface area contributed by atoms with E-state index in [9.17, 15) is 8.42 Å². The van der Waals surface area contributed by atoms with Crippen LogP contribution in [0.3, 0.4) is 0 Å². The van der Waals surface area contributed by atoms with Crippen LogP contribution in [0, 0.1) is 0 Å². The van der Waals surface area contributed by atoms with Crippen LogP contribution in [0.15, 0.2) is 24.3 Å². The number of hydrogen-bond acceptors (Lipinski definition) is 4. The van der Waals surface area contributed by atoms with Gasteiger partial charge in [-0.05, 0) is 11.6 Å². The van der Waals surface area contributed by atoms with Gasteiger partial charge in [-0.1, -0.05) is 29.8 Å². The minimum Gasteiger partial charge on any atom is -0.374 e. The molecule has 0 unspecified atom stereocenters. The molecular formula is C12H17ClN2O3S. The Morgan fingerprint density at radius 3 is 2.89 bits per heavy atom. The topological polar surface area (TPSA) is 67.4 Å². The molecule has 0 saturated carbocycles. The van der Waals surface area contributed by atoms with Gasteiger partial charge in [-0.3, -0.25) is 0 Å². The lowest BCUT2D eigenvalue weighted by molar-refractivity contribution is 0.0324. The molecule has 2 rings (SSSR count). The van der Waals surface area contributed by atoms with E-state index < -0.39 is 10.0 Å². The third kappa shape index (κ3) is 4.74. The van der Waals surface area contributed by atoms with E-state index >= 15 is 0 Å². The molecule has 0 aromatic heterocycles. The minimum absolute atomic E-state index is 0.116. The van der Waals surface area contributed by atoms with E-state index in [0.717, 1.165) is 6.54 Å². The normalized spacial score (nSPS) is 20.4. The van der Waals surface area contributed by atoms with E-state index in [4.69, 9.17) is 16.3 Å². The molecule has 1 atom stereocenters. The highest BCUT2D eigenvalue weighted by atomic mass is 35.5. The molecule has 1 fully saturated rings. The van der Waals surface area contributed by atoms with Crippen molar-refractivity contribution < 1.29 is 13.2 Å². The van der Waals surface area contributed by atoms with Crippen molar-refractivity contribution in [1.29, 1.82) is 0 Å². The van der Waals surface area contributed by atoms with Crippen LogP contribution < -0.4 is 10.0 Å². The molecular weight excluding hydrogens is 288 g/mol. The van der Waals surface area contributed by atoms with Gasteiger partial charge in [0.1, 0.15) is 0 Å². The molecule has 1 aliphatic rings. The van der Waals surface area contributed by atoms with Gasteiger partial charge >= 0.3 is 0 Å². The van der Waals surface area contributed by atoms with Crippen LogP contribution in [-0.4, -0.2) is 40.8 Å². The lowest BCUT2D eigenvalue weighted by atomic mass is 10.2. The molecule has 0 bridgehead atoms. The van der Waals surface area contributed by atoms with Crippen LogP contribution in [-0.2, 0) is 20.5 Å². The Kier molecular flexibility index (Phi) is 5.18. The maximum atomic E-state index is 11.9. The molecule has 1 heterocycles. The number of rotatable bonds is 5. The molecule has 1 saturated heterocycles. The van der Waals surface area contributed by atoms with Crippen molar-refractivity contribution in [2.45, 2.75) is 11.9 Å². The summed E-state index contributed by atoms with van der Waals surface area (Å²) in [5.74, 6) is -0.118. The highest BCUT2D eigenvalue weighted by Gasteiger charge is 2.18. The van der Waals surface area contributed by atoms with Gasteiger partial charge in [0.05, 0.1) is 18.5 Å². The predicted molar refractivity (Wildman–Crippen MR) is 74.7 cm³/mol. The summed E-state index contributed by atoms with van der Waals surface area (Å²) in [6.45, 7) is 2.36. The van der Waals surface area contributed by atoms with E-state index in [2.05, 4.69) is 10.0 Å². The molecule has 2 N–H and O–H groups in total. The van der Waals surface area contributed by atoms with Gasteiger partial charge in [-0.15, -0.1) is 0 Å². The van der Waals surface area contributed by atoms with Crippen molar-refractivity contribution in [2.75, 3.05) is 26.2 Å². The first-order valence-electron chi connectivity index (χ1n) is 6.10. The van der Waals surface area contributed by atoms with Crippen molar-refractivity contribution in [3.63, 3.8) is 0 Å². The molecule has 7 heteroatoms. The van der Waals surface area contributed by atoms with Crippen LogP contribution in [0.5, 0.6) is 0 Å². The zero-order valence-electron chi connectivity index (χ0n) is 10.4. The first kappa shape index (κ1) is 14.7. The Bertz CT molecular complexity index is 515. The summed E-state index contributed by atoms with van der Waals surface area (Å²) in [4.78, 5) is 0. The van der Waals surface area contributed by atoms with E-state index in [1.54, 1.807) is 24.3 Å². The van der Waals surface area contributed by atoms with Gasteiger partial charge in [0.25, 0.3) is 0 Å². The third-order valence-electron chi connectivity index (χ3n) is 2.84. The fraction of sp³-hybridized carbons (Fsp3) is 0.500. The molecule has 1 aromatic carbocycles. The fourth-order valence-electron chi connectivity index (χ4n) is 1.84. The monoisotopic (exact) mass is 304 g/mol. The number of halogens is 1. The molecule has 19 heavy (non-hydrogen) atoms. The van der Waals surface area contributed by atoms with Crippen LogP contribution in [0.1, 0.15) is 5.56 Å².